The SMILES string of the molecule is CCC1CCCNC1CNC(=O)NC1CCC1. The maximum Gasteiger partial charge on any atom is 0.315 e. The largest absolute Gasteiger partial charge is 0.337 e. The van der Waals surface area contributed by atoms with Gasteiger partial charge in [0.25, 0.3) is 0 Å². The van der Waals surface area contributed by atoms with Gasteiger partial charge in [0.2, 0.25) is 0 Å². The fourth-order valence-corrected chi connectivity index (χ4v) is 2.74. The van der Waals surface area contributed by atoms with Crippen molar-refractivity contribution in [3.05, 3.63) is 0 Å². The summed E-state index contributed by atoms with van der Waals surface area (Å²) in [7, 11) is 0. The summed E-state index contributed by atoms with van der Waals surface area (Å²) >= 11 is 0. The van der Waals surface area contributed by atoms with Crippen LogP contribution in [0.3, 0.4) is 0 Å². The molecule has 1 aliphatic heterocycles. The van der Waals surface area contributed by atoms with Crippen molar-refractivity contribution in [2.24, 2.45) is 5.92 Å². The molecule has 2 rings (SSSR count). The number of hydrogen-bond donors (Lipinski definition) is 3. The van der Waals surface area contributed by atoms with Gasteiger partial charge in [0, 0.05) is 18.6 Å². The molecular weight excluding hydrogens is 214 g/mol. The summed E-state index contributed by atoms with van der Waals surface area (Å²) in [5.74, 6) is 0.716. The van der Waals surface area contributed by atoms with Crippen LogP contribution in [0.4, 0.5) is 4.79 Å². The fourth-order valence-electron chi connectivity index (χ4n) is 2.74. The van der Waals surface area contributed by atoms with Crippen molar-refractivity contribution < 1.29 is 4.79 Å². The second-order valence-corrected chi connectivity index (χ2v) is 5.35. The van der Waals surface area contributed by atoms with Crippen molar-refractivity contribution in [1.29, 1.82) is 0 Å². The number of urea groups is 1. The van der Waals surface area contributed by atoms with E-state index < -0.39 is 0 Å². The van der Waals surface area contributed by atoms with E-state index in [1.54, 1.807) is 0 Å². The van der Waals surface area contributed by atoms with E-state index in [-0.39, 0.29) is 6.03 Å². The Kier molecular flexibility index (Phi) is 4.66. The number of piperidine rings is 1. The third kappa shape index (κ3) is 3.60. The van der Waals surface area contributed by atoms with Crippen LogP contribution in [0, 0.1) is 5.92 Å². The molecular formula is C13H25N3O. The Morgan fingerprint density at radius 1 is 1.29 bits per heavy atom. The average Bonchev–Trinajstić information content (AvgIpc) is 2.31. The number of hydrogen-bond acceptors (Lipinski definition) is 2. The Bertz CT molecular complexity index is 253. The first-order chi connectivity index (χ1) is 8.29. The van der Waals surface area contributed by atoms with E-state index in [1.807, 2.05) is 0 Å². The van der Waals surface area contributed by atoms with Gasteiger partial charge < -0.3 is 16.0 Å². The van der Waals surface area contributed by atoms with Crippen molar-refractivity contribution in [2.45, 2.75) is 57.5 Å². The van der Waals surface area contributed by atoms with Crippen LogP contribution in [-0.4, -0.2) is 31.2 Å². The Morgan fingerprint density at radius 3 is 2.76 bits per heavy atom. The Labute approximate surface area is 104 Å². The summed E-state index contributed by atoms with van der Waals surface area (Å²) in [5.41, 5.74) is 0. The van der Waals surface area contributed by atoms with Crippen molar-refractivity contribution in [3.63, 3.8) is 0 Å². The van der Waals surface area contributed by atoms with Crippen molar-refractivity contribution >= 4 is 6.03 Å². The summed E-state index contributed by atoms with van der Waals surface area (Å²) in [6.45, 7) is 4.09. The smallest absolute Gasteiger partial charge is 0.315 e. The number of amides is 2. The van der Waals surface area contributed by atoms with Crippen molar-refractivity contribution in [1.82, 2.24) is 16.0 Å². The molecule has 2 amide bonds. The van der Waals surface area contributed by atoms with E-state index in [4.69, 9.17) is 0 Å². The monoisotopic (exact) mass is 239 g/mol. The normalized spacial score (nSPS) is 29.5. The number of carbonyl (C=O) groups excluding carboxylic acids is 1. The molecule has 17 heavy (non-hydrogen) atoms. The molecule has 0 aromatic carbocycles. The summed E-state index contributed by atoms with van der Waals surface area (Å²) in [6.07, 6.45) is 7.30. The van der Waals surface area contributed by atoms with Crippen LogP contribution in [0.15, 0.2) is 0 Å². The first-order valence-corrected chi connectivity index (χ1v) is 7.07. The van der Waals surface area contributed by atoms with E-state index >= 15 is 0 Å². The molecule has 2 atom stereocenters. The minimum absolute atomic E-state index is 0.0110. The summed E-state index contributed by atoms with van der Waals surface area (Å²) in [4.78, 5) is 11.6. The van der Waals surface area contributed by atoms with Gasteiger partial charge in [0.15, 0.2) is 0 Å². The minimum Gasteiger partial charge on any atom is -0.337 e. The molecule has 4 heteroatoms. The van der Waals surface area contributed by atoms with Crippen molar-refractivity contribution in [3.8, 4) is 0 Å². The molecule has 2 fully saturated rings. The Morgan fingerprint density at radius 2 is 2.12 bits per heavy atom. The van der Waals surface area contributed by atoms with Crippen LogP contribution < -0.4 is 16.0 Å². The molecule has 1 heterocycles. The second-order valence-electron chi connectivity index (χ2n) is 5.35. The van der Waals surface area contributed by atoms with Gasteiger partial charge in [-0.05, 0) is 44.6 Å². The highest BCUT2D eigenvalue weighted by Crippen LogP contribution is 2.19. The molecule has 1 saturated heterocycles. The van der Waals surface area contributed by atoms with E-state index in [0.29, 0.717) is 18.0 Å². The topological polar surface area (TPSA) is 53.2 Å². The number of nitrogens with one attached hydrogen (secondary N) is 3. The van der Waals surface area contributed by atoms with Gasteiger partial charge in [-0.2, -0.15) is 0 Å². The Hall–Kier alpha value is -0.770. The van der Waals surface area contributed by atoms with E-state index in [9.17, 15) is 4.79 Å². The molecule has 2 unspecified atom stereocenters. The highest BCUT2D eigenvalue weighted by molar-refractivity contribution is 5.74. The Balaban J connectivity index is 1.66. The minimum atomic E-state index is 0.0110. The highest BCUT2D eigenvalue weighted by Gasteiger charge is 2.24. The molecule has 3 N–H and O–H groups in total. The first-order valence-electron chi connectivity index (χ1n) is 7.07. The lowest BCUT2D eigenvalue weighted by molar-refractivity contribution is 0.220. The van der Waals surface area contributed by atoms with Gasteiger partial charge in [-0.1, -0.05) is 13.3 Å². The zero-order chi connectivity index (χ0) is 12.1. The van der Waals surface area contributed by atoms with Gasteiger partial charge in [0.05, 0.1) is 0 Å². The van der Waals surface area contributed by atoms with E-state index in [0.717, 1.165) is 25.9 Å². The van der Waals surface area contributed by atoms with Crippen LogP contribution in [0.1, 0.15) is 45.4 Å². The van der Waals surface area contributed by atoms with Gasteiger partial charge in [-0.15, -0.1) is 0 Å². The molecule has 98 valence electrons. The zero-order valence-electron chi connectivity index (χ0n) is 10.8. The average molecular weight is 239 g/mol. The predicted octanol–water partition coefficient (Wildman–Crippen LogP) is 1.62. The summed E-state index contributed by atoms with van der Waals surface area (Å²) in [6, 6.07) is 0.897. The van der Waals surface area contributed by atoms with Gasteiger partial charge in [-0.25, -0.2) is 4.79 Å². The van der Waals surface area contributed by atoms with Gasteiger partial charge in [0.1, 0.15) is 0 Å². The molecule has 0 aromatic rings. The highest BCUT2D eigenvalue weighted by atomic mass is 16.2. The maximum atomic E-state index is 11.6. The van der Waals surface area contributed by atoms with Gasteiger partial charge in [-0.3, -0.25) is 0 Å². The second kappa shape index (κ2) is 6.24. The first kappa shape index (κ1) is 12.7. The quantitative estimate of drug-likeness (QED) is 0.698. The molecule has 0 aromatic heterocycles. The molecule has 0 bridgehead atoms. The van der Waals surface area contributed by atoms with E-state index in [1.165, 1.54) is 25.7 Å². The lowest BCUT2D eigenvalue weighted by atomic mass is 9.88. The van der Waals surface area contributed by atoms with Crippen LogP contribution in [0.25, 0.3) is 0 Å². The molecule has 1 aliphatic carbocycles. The summed E-state index contributed by atoms with van der Waals surface area (Å²) in [5, 5.41) is 9.53. The van der Waals surface area contributed by atoms with Crippen LogP contribution in [-0.2, 0) is 0 Å². The van der Waals surface area contributed by atoms with Crippen LogP contribution >= 0.6 is 0 Å². The fraction of sp³-hybridized carbons (Fsp3) is 0.923. The van der Waals surface area contributed by atoms with Crippen LogP contribution in [0.5, 0.6) is 0 Å². The number of rotatable bonds is 4. The number of carbonyl (C=O) groups is 1. The molecule has 4 nitrogen and oxygen atoms in total. The molecule has 0 radical (unpaired) electrons. The predicted molar refractivity (Wildman–Crippen MR) is 69.0 cm³/mol. The lowest BCUT2D eigenvalue weighted by Crippen LogP contribution is -2.52. The maximum absolute atomic E-state index is 11.6. The molecule has 0 spiro atoms. The third-order valence-corrected chi connectivity index (χ3v) is 4.17. The van der Waals surface area contributed by atoms with E-state index in [2.05, 4.69) is 22.9 Å². The van der Waals surface area contributed by atoms with Crippen LogP contribution in [0.2, 0.25) is 0 Å². The molecule has 2 aliphatic rings. The van der Waals surface area contributed by atoms with Crippen molar-refractivity contribution in [2.75, 3.05) is 13.1 Å². The lowest BCUT2D eigenvalue weighted by Gasteiger charge is -2.32. The third-order valence-electron chi connectivity index (χ3n) is 4.17. The standard InChI is InChI=1S/C13H25N3O/c1-2-10-5-4-8-14-12(10)9-15-13(17)16-11-6-3-7-11/h10-12,14H,2-9H2,1H3,(H2,15,16,17). The van der Waals surface area contributed by atoms with Gasteiger partial charge >= 0.3 is 6.03 Å². The molecule has 1 saturated carbocycles. The zero-order valence-corrected chi connectivity index (χ0v) is 10.8. The summed E-state index contributed by atoms with van der Waals surface area (Å²) < 4.78 is 0.